The highest BCUT2D eigenvalue weighted by Crippen LogP contribution is 2.31. The number of nitriles is 1. The Morgan fingerprint density at radius 2 is 1.23 bits per heavy atom. The minimum absolute atomic E-state index is 0.0391. The van der Waals surface area contributed by atoms with Crippen molar-refractivity contribution in [2.45, 2.75) is 82.3 Å². The predicted octanol–water partition coefficient (Wildman–Crippen LogP) is -0.272. The van der Waals surface area contributed by atoms with Gasteiger partial charge in [-0.15, -0.1) is 0 Å². The van der Waals surface area contributed by atoms with Gasteiger partial charge in [-0.25, -0.2) is 8.78 Å². The number of carboxylic acids is 3. The van der Waals surface area contributed by atoms with Gasteiger partial charge in [0.1, 0.15) is 12.1 Å². The Bertz CT molecular complexity index is 2550. The molecule has 2 aliphatic rings. The second kappa shape index (κ2) is 35.3. The van der Waals surface area contributed by atoms with E-state index in [1.165, 1.54) is 6.07 Å². The van der Waals surface area contributed by atoms with Crippen molar-refractivity contribution in [3.63, 3.8) is 0 Å². The van der Waals surface area contributed by atoms with Gasteiger partial charge in [0.05, 0.1) is 68.2 Å². The molecule has 2 fully saturated rings. The van der Waals surface area contributed by atoms with Crippen molar-refractivity contribution in [3.05, 3.63) is 61.9 Å². The molecule has 2 aliphatic heterocycles. The van der Waals surface area contributed by atoms with Crippen molar-refractivity contribution >= 4 is 93.4 Å². The molecule has 2 saturated heterocycles. The van der Waals surface area contributed by atoms with Crippen LogP contribution in [0.5, 0.6) is 0 Å². The fourth-order valence-corrected chi connectivity index (χ4v) is 9.34. The number of hydrogen-bond donors (Lipinski definition) is 9. The molecule has 0 radical (unpaired) electrons. The van der Waals surface area contributed by atoms with Crippen LogP contribution >= 0.6 is 34.2 Å². The van der Waals surface area contributed by atoms with Gasteiger partial charge in [0.25, 0.3) is 11.8 Å². The number of aliphatic carboxylic acids is 3. The Labute approximate surface area is 491 Å². The summed E-state index contributed by atoms with van der Waals surface area (Å²) in [5.74, 6) is -10.6. The number of rotatable bonds is 30. The number of benzene rings is 1. The molecule has 0 spiro atoms. The van der Waals surface area contributed by atoms with Crippen LogP contribution in [0.3, 0.4) is 0 Å². The lowest BCUT2D eigenvalue weighted by atomic mass is 10.1. The molecule has 26 nitrogen and oxygen atoms in total. The van der Waals surface area contributed by atoms with Gasteiger partial charge < -0.3 is 52.1 Å². The third-order valence-electron chi connectivity index (χ3n) is 13.1. The maximum Gasteiger partial charge on any atom is 0.317 e. The van der Waals surface area contributed by atoms with E-state index in [9.17, 15) is 77.3 Å². The van der Waals surface area contributed by atoms with Gasteiger partial charge in [0.15, 0.2) is 0 Å². The van der Waals surface area contributed by atoms with Gasteiger partial charge in [-0.05, 0) is 78.5 Å². The van der Waals surface area contributed by atoms with Gasteiger partial charge in [0, 0.05) is 107 Å². The van der Waals surface area contributed by atoms with E-state index in [4.69, 9.17) is 11.6 Å². The van der Waals surface area contributed by atoms with Crippen molar-refractivity contribution in [3.8, 4) is 6.07 Å². The fourth-order valence-electron chi connectivity index (χ4n) is 8.79. The van der Waals surface area contributed by atoms with Crippen molar-refractivity contribution in [1.29, 1.82) is 5.26 Å². The van der Waals surface area contributed by atoms with Crippen molar-refractivity contribution in [2.24, 2.45) is 0 Å². The lowest BCUT2D eigenvalue weighted by molar-refractivity contribution is -0.140. The summed E-state index contributed by atoms with van der Waals surface area (Å²) in [5.41, 5.74) is 1.12. The Morgan fingerprint density at radius 1 is 0.695 bits per heavy atom. The zero-order valence-electron chi connectivity index (χ0n) is 45.3. The summed E-state index contributed by atoms with van der Waals surface area (Å²) < 4.78 is 28.8. The number of hydrogen-bond acceptors (Lipinski definition) is 16. The number of aromatic nitrogens is 1. The molecular weight excluding hydrogens is 1220 g/mol. The average molecular weight is 1290 g/mol. The second-order valence-corrected chi connectivity index (χ2v) is 21.4. The summed E-state index contributed by atoms with van der Waals surface area (Å²) in [6.45, 7) is -0.831. The third-order valence-corrected chi connectivity index (χ3v) is 14.2. The lowest BCUT2D eigenvalue weighted by Gasteiger charge is -2.32. The summed E-state index contributed by atoms with van der Waals surface area (Å²) in [5, 5.41) is 53.5. The number of likely N-dealkylation sites (tertiary alicyclic amines) is 1. The quantitative estimate of drug-likeness (QED) is 0.0359. The topological polar surface area (TPSA) is 356 Å². The molecule has 450 valence electrons. The van der Waals surface area contributed by atoms with Gasteiger partial charge in [-0.1, -0.05) is 23.7 Å². The molecule has 0 aliphatic carbocycles. The van der Waals surface area contributed by atoms with E-state index in [0.29, 0.717) is 30.6 Å². The summed E-state index contributed by atoms with van der Waals surface area (Å²) in [7, 11) is 0. The average Bonchev–Trinajstić information content (AvgIpc) is 3.75. The maximum atomic E-state index is 13.9. The first-order valence-corrected chi connectivity index (χ1v) is 28.1. The van der Waals surface area contributed by atoms with Crippen LogP contribution in [0, 0.1) is 14.9 Å². The molecule has 1 aromatic carbocycles. The SMILES string of the molecule is N#C[C@@H]1CC(F)(F)CN1C(=O)CNC(=O)c1cc(CNC(=O)CCC(=O)NC(CCCCNC(=O)CN2CCN(CC(=O)O)CCN(CC(=O)O)CCN(CC(=O)O)CC2)C(=O)NCCNC(=O)CCCc2ccc(I)cc2)ncc1Cl. The standard InChI is InChI=1S/C52H71ClF2IN13O13/c53-40-28-61-37(24-39(40)50(81)63-29-46(74)69-34-52(54,55)25-38(69)26-57)27-62-43(71)11-12-44(72)64-41(51(82)60-15-14-59-42(70)6-3-4-35-7-9-36(56)10-8-35)5-1-2-13-58-45(73)30-65-16-18-66(31-47(75)76)20-22-68(33-49(79)80)23-21-67(19-17-65)32-48(77)78/h7-10,24,28,38,41H,1-6,11-23,25,27,29-34H2,(H,58,73)(H,59,70)(H,60,82)(H,62,71)(H,63,81)(H,64,72)(H,75,76)(H,77,78)(H,79,80)/t38-,41?/m0/s1. The van der Waals surface area contributed by atoms with Gasteiger partial charge in [0.2, 0.25) is 35.4 Å². The number of nitrogens with one attached hydrogen (secondary N) is 6. The number of unbranched alkanes of at least 4 members (excludes halogenated alkanes) is 1. The molecule has 82 heavy (non-hydrogen) atoms. The molecule has 2 aromatic rings. The van der Waals surface area contributed by atoms with Gasteiger partial charge in [-0.2, -0.15) is 5.26 Å². The summed E-state index contributed by atoms with van der Waals surface area (Å²) in [4.78, 5) is 137. The zero-order chi connectivity index (χ0) is 60.2. The van der Waals surface area contributed by atoms with Gasteiger partial charge >= 0.3 is 17.9 Å². The molecule has 3 heterocycles. The van der Waals surface area contributed by atoms with Crippen LogP contribution in [0.15, 0.2) is 36.5 Å². The summed E-state index contributed by atoms with van der Waals surface area (Å²) >= 11 is 8.39. The molecule has 7 amide bonds. The molecule has 0 bridgehead atoms. The molecule has 2 atom stereocenters. The minimum Gasteiger partial charge on any atom is -0.480 e. The lowest BCUT2D eigenvalue weighted by Crippen LogP contribution is -2.49. The van der Waals surface area contributed by atoms with Crippen molar-refractivity contribution in [1.82, 2.24) is 61.4 Å². The first-order chi connectivity index (χ1) is 39.0. The van der Waals surface area contributed by atoms with Gasteiger partial charge in [-0.3, -0.25) is 72.5 Å². The highest BCUT2D eigenvalue weighted by atomic mass is 127. The number of amides is 7. The number of nitrogens with zero attached hydrogens (tertiary/aromatic N) is 7. The normalized spacial score (nSPS) is 16.7. The monoisotopic (exact) mass is 1290 g/mol. The van der Waals surface area contributed by atoms with Crippen molar-refractivity contribution in [2.75, 3.05) is 111 Å². The number of carbonyl (C=O) groups is 10. The van der Waals surface area contributed by atoms with Crippen LogP contribution in [-0.2, 0) is 56.1 Å². The Balaban J connectivity index is 1.29. The number of aryl methyl sites for hydroxylation is 1. The first kappa shape index (κ1) is 67.8. The van der Waals surface area contributed by atoms with Crippen LogP contribution in [0.25, 0.3) is 0 Å². The van der Waals surface area contributed by atoms with Crippen LogP contribution in [0.1, 0.15) is 73.0 Å². The van der Waals surface area contributed by atoms with Crippen LogP contribution in [0.4, 0.5) is 8.78 Å². The number of pyridine rings is 1. The summed E-state index contributed by atoms with van der Waals surface area (Å²) in [6, 6.07) is 8.44. The van der Waals surface area contributed by atoms with E-state index in [0.717, 1.165) is 15.3 Å². The van der Waals surface area contributed by atoms with E-state index in [-0.39, 0.29) is 158 Å². The van der Waals surface area contributed by atoms with Crippen LogP contribution in [-0.4, -0.2) is 233 Å². The molecule has 1 aromatic heterocycles. The van der Waals surface area contributed by atoms with Crippen molar-refractivity contribution < 1.29 is 72.0 Å². The Morgan fingerprint density at radius 3 is 1.80 bits per heavy atom. The Hall–Kier alpha value is -6.72. The molecule has 4 rings (SSSR count). The first-order valence-electron chi connectivity index (χ1n) is 26.6. The molecule has 9 N–H and O–H groups in total. The highest BCUT2D eigenvalue weighted by molar-refractivity contribution is 14.1. The van der Waals surface area contributed by atoms with Crippen LogP contribution in [0.2, 0.25) is 5.02 Å². The third kappa shape index (κ3) is 26.5. The second-order valence-electron chi connectivity index (χ2n) is 19.7. The largest absolute Gasteiger partial charge is 0.480 e. The summed E-state index contributed by atoms with van der Waals surface area (Å²) in [6.07, 6.45) is 2.03. The predicted molar refractivity (Wildman–Crippen MR) is 299 cm³/mol. The van der Waals surface area contributed by atoms with E-state index >= 15 is 0 Å². The number of carboxylic acid groups (broad SMARTS) is 3. The smallest absolute Gasteiger partial charge is 0.317 e. The zero-order valence-corrected chi connectivity index (χ0v) is 48.2. The minimum atomic E-state index is -3.25. The molecule has 0 saturated carbocycles. The number of halogens is 4. The van der Waals surface area contributed by atoms with Crippen LogP contribution < -0.4 is 31.9 Å². The highest BCUT2D eigenvalue weighted by Gasteiger charge is 2.47. The molecule has 30 heteroatoms. The van der Waals surface area contributed by atoms with E-state index in [1.54, 1.807) is 25.7 Å². The van der Waals surface area contributed by atoms with E-state index < -0.39 is 85.0 Å². The maximum absolute atomic E-state index is 13.9. The molecule has 1 unspecified atom stereocenters. The van der Waals surface area contributed by atoms with E-state index in [1.807, 2.05) is 24.3 Å². The number of carbonyl (C=O) groups excluding carboxylic acids is 7. The fraction of sp³-hybridized carbons (Fsp3) is 0.577. The molecular formula is C52H71ClF2IN13O13. The van der Waals surface area contributed by atoms with E-state index in [2.05, 4.69) is 59.5 Å². The Kier molecular flexibility index (Phi) is 29.2. The number of alkyl halides is 2.